The smallest absolute Gasteiger partial charge is 0.257 e. The van der Waals surface area contributed by atoms with Crippen LogP contribution in [0.15, 0.2) is 47.4 Å². The molecule has 0 spiro atoms. The fourth-order valence-electron chi connectivity index (χ4n) is 2.27. The molecule has 1 N–H and O–H groups in total. The van der Waals surface area contributed by atoms with Gasteiger partial charge < -0.3 is 4.74 Å². The Hall–Kier alpha value is -2.25. The summed E-state index contributed by atoms with van der Waals surface area (Å²) in [6.07, 6.45) is 0. The van der Waals surface area contributed by atoms with Crippen LogP contribution in [0.5, 0.6) is 5.75 Å². The van der Waals surface area contributed by atoms with Crippen molar-refractivity contribution in [1.82, 2.24) is 4.98 Å². The van der Waals surface area contributed by atoms with Gasteiger partial charge in [-0.25, -0.2) is 4.98 Å². The number of aromatic nitrogens is 1. The van der Waals surface area contributed by atoms with Gasteiger partial charge in [-0.05, 0) is 42.5 Å². The van der Waals surface area contributed by atoms with Crippen molar-refractivity contribution in [3.63, 3.8) is 0 Å². The maximum absolute atomic E-state index is 12.4. The Morgan fingerprint density at radius 3 is 2.56 bits per heavy atom. The van der Waals surface area contributed by atoms with E-state index in [0.717, 1.165) is 20.9 Å². The van der Waals surface area contributed by atoms with Crippen LogP contribution in [0.3, 0.4) is 0 Å². The monoisotopic (exact) mass is 374 g/mol. The van der Waals surface area contributed by atoms with Crippen molar-refractivity contribution in [3.05, 3.63) is 48.0 Å². The number of methoxy groups -OCH3 is 1. The summed E-state index contributed by atoms with van der Waals surface area (Å²) in [5.74, 6) is 0.510. The van der Waals surface area contributed by atoms with Crippen molar-refractivity contribution >= 4 is 43.4 Å². The Balaban J connectivity index is 1.76. The van der Waals surface area contributed by atoms with E-state index in [1.165, 1.54) is 11.3 Å². The molecule has 0 aliphatic rings. The third-order valence-corrected chi connectivity index (χ3v) is 6.12. The van der Waals surface area contributed by atoms with E-state index >= 15 is 0 Å². The van der Waals surface area contributed by atoms with Crippen molar-refractivity contribution in [2.45, 2.75) is 24.0 Å². The first-order valence-electron chi connectivity index (χ1n) is 7.74. The first kappa shape index (κ1) is 17.6. The molecule has 0 fully saturated rings. The number of benzene rings is 2. The molecule has 130 valence electrons. The van der Waals surface area contributed by atoms with E-state index in [4.69, 9.17) is 4.74 Å². The minimum absolute atomic E-state index is 0.0411. The first-order valence-corrected chi connectivity index (χ1v) is 9.77. The summed E-state index contributed by atoms with van der Waals surface area (Å²) in [6, 6.07) is 12.4. The summed E-state index contributed by atoms with van der Waals surface area (Å²) in [5, 5.41) is 3.38. The number of carbonyl (C=O) groups is 1. The van der Waals surface area contributed by atoms with E-state index in [9.17, 15) is 9.00 Å². The molecule has 0 saturated heterocycles. The zero-order valence-electron chi connectivity index (χ0n) is 14.1. The van der Waals surface area contributed by atoms with Gasteiger partial charge in [0.25, 0.3) is 5.91 Å². The zero-order chi connectivity index (χ0) is 18.0. The molecule has 1 heterocycles. The van der Waals surface area contributed by atoms with Crippen LogP contribution in [-0.2, 0) is 10.8 Å². The molecular weight excluding hydrogens is 356 g/mol. The average molecular weight is 374 g/mol. The van der Waals surface area contributed by atoms with Gasteiger partial charge in [-0.1, -0.05) is 25.2 Å². The molecule has 5 nitrogen and oxygen atoms in total. The third kappa shape index (κ3) is 3.88. The van der Waals surface area contributed by atoms with Gasteiger partial charge >= 0.3 is 0 Å². The number of thiazole rings is 1. The largest absolute Gasteiger partial charge is 0.497 e. The van der Waals surface area contributed by atoms with Gasteiger partial charge in [-0.3, -0.25) is 14.3 Å². The normalized spacial score (nSPS) is 12.3. The summed E-state index contributed by atoms with van der Waals surface area (Å²) in [5.41, 5.74) is 1.31. The number of carbonyl (C=O) groups excluding carboxylic acids is 1. The predicted molar refractivity (Wildman–Crippen MR) is 102 cm³/mol. The quantitative estimate of drug-likeness (QED) is 0.731. The Morgan fingerprint density at radius 1 is 1.20 bits per heavy atom. The lowest BCUT2D eigenvalue weighted by atomic mass is 10.2. The number of hydrogen-bond donors (Lipinski definition) is 1. The highest BCUT2D eigenvalue weighted by molar-refractivity contribution is 7.85. The summed E-state index contributed by atoms with van der Waals surface area (Å²) in [7, 11) is 0.550. The Morgan fingerprint density at radius 2 is 1.92 bits per heavy atom. The minimum atomic E-state index is -1.06. The number of amides is 1. The number of hydrogen-bond acceptors (Lipinski definition) is 5. The fourth-order valence-corrected chi connectivity index (χ4v) is 4.11. The maximum Gasteiger partial charge on any atom is 0.257 e. The van der Waals surface area contributed by atoms with Gasteiger partial charge in [0.1, 0.15) is 5.75 Å². The van der Waals surface area contributed by atoms with Gasteiger partial charge in [0.05, 0.1) is 28.1 Å². The standard InChI is InChI=1S/C18H18N2O3S2/c1-11(2)25(22)14-7-4-12(5-8-14)17(21)20-18-19-15-9-6-13(23-3)10-16(15)24-18/h4-11H,1-3H3,(H,19,20,21). The number of ether oxygens (including phenoxy) is 1. The van der Waals surface area contributed by atoms with Crippen molar-refractivity contribution < 1.29 is 13.7 Å². The van der Waals surface area contributed by atoms with Crippen molar-refractivity contribution in [3.8, 4) is 5.75 Å². The predicted octanol–water partition coefficient (Wildman–Crippen LogP) is 4.07. The third-order valence-electron chi connectivity index (χ3n) is 3.59. The minimum Gasteiger partial charge on any atom is -0.497 e. The highest BCUT2D eigenvalue weighted by Crippen LogP contribution is 2.29. The highest BCUT2D eigenvalue weighted by Gasteiger charge is 2.12. The maximum atomic E-state index is 12.4. The van der Waals surface area contributed by atoms with E-state index in [0.29, 0.717) is 10.7 Å². The summed E-state index contributed by atoms with van der Waals surface area (Å²) in [4.78, 5) is 17.5. The Labute approximate surface area is 152 Å². The summed E-state index contributed by atoms with van der Waals surface area (Å²) in [6.45, 7) is 3.80. The number of rotatable bonds is 5. The molecule has 1 atom stereocenters. The summed E-state index contributed by atoms with van der Waals surface area (Å²) < 4.78 is 18.2. The number of nitrogens with one attached hydrogen (secondary N) is 1. The molecule has 1 amide bonds. The van der Waals surface area contributed by atoms with Gasteiger partial charge in [0, 0.05) is 15.7 Å². The Bertz CT molecular complexity index is 933. The molecule has 0 aliphatic heterocycles. The second kappa shape index (κ2) is 7.33. The van der Waals surface area contributed by atoms with Gasteiger partial charge in [-0.15, -0.1) is 0 Å². The zero-order valence-corrected chi connectivity index (χ0v) is 15.7. The Kier molecular flexibility index (Phi) is 5.15. The van der Waals surface area contributed by atoms with Gasteiger partial charge in [-0.2, -0.15) is 0 Å². The van der Waals surface area contributed by atoms with Crippen LogP contribution < -0.4 is 10.1 Å². The van der Waals surface area contributed by atoms with Crippen LogP contribution in [0.25, 0.3) is 10.2 Å². The molecule has 2 aromatic carbocycles. The SMILES string of the molecule is COc1ccc2nc(NC(=O)c3ccc(S(=O)C(C)C)cc3)sc2c1. The van der Waals surface area contributed by atoms with E-state index in [1.54, 1.807) is 31.4 Å². The molecule has 1 aromatic heterocycles. The van der Waals surface area contributed by atoms with Gasteiger partial charge in [0.15, 0.2) is 5.13 Å². The molecule has 0 saturated carbocycles. The van der Waals surface area contributed by atoms with E-state index in [-0.39, 0.29) is 11.2 Å². The second-order valence-corrected chi connectivity index (χ2v) is 8.72. The summed E-state index contributed by atoms with van der Waals surface area (Å²) >= 11 is 1.39. The topological polar surface area (TPSA) is 68.3 Å². The molecule has 0 radical (unpaired) electrons. The molecule has 3 aromatic rings. The van der Waals surface area contributed by atoms with Crippen molar-refractivity contribution in [2.75, 3.05) is 12.4 Å². The lowest BCUT2D eigenvalue weighted by Gasteiger charge is -2.06. The molecule has 1 unspecified atom stereocenters. The lowest BCUT2D eigenvalue weighted by Crippen LogP contribution is -2.12. The second-order valence-electron chi connectivity index (χ2n) is 5.68. The van der Waals surface area contributed by atoms with Crippen LogP contribution in [0.4, 0.5) is 5.13 Å². The van der Waals surface area contributed by atoms with Crippen LogP contribution in [0, 0.1) is 0 Å². The first-order chi connectivity index (χ1) is 12.0. The van der Waals surface area contributed by atoms with Crippen molar-refractivity contribution in [1.29, 1.82) is 0 Å². The van der Waals surface area contributed by atoms with E-state index in [2.05, 4.69) is 10.3 Å². The van der Waals surface area contributed by atoms with E-state index in [1.807, 2.05) is 32.0 Å². The van der Waals surface area contributed by atoms with Crippen LogP contribution in [0.2, 0.25) is 0 Å². The number of nitrogens with zero attached hydrogens (tertiary/aromatic N) is 1. The molecule has 3 rings (SSSR count). The highest BCUT2D eigenvalue weighted by atomic mass is 32.2. The van der Waals surface area contributed by atoms with Crippen LogP contribution in [-0.4, -0.2) is 27.5 Å². The number of anilines is 1. The van der Waals surface area contributed by atoms with E-state index < -0.39 is 10.8 Å². The van der Waals surface area contributed by atoms with Gasteiger partial charge in [0.2, 0.25) is 0 Å². The van der Waals surface area contributed by atoms with Crippen LogP contribution in [0.1, 0.15) is 24.2 Å². The van der Waals surface area contributed by atoms with Crippen LogP contribution >= 0.6 is 11.3 Å². The lowest BCUT2D eigenvalue weighted by molar-refractivity contribution is 0.102. The molecule has 0 aliphatic carbocycles. The average Bonchev–Trinajstić information content (AvgIpc) is 3.02. The molecule has 0 bridgehead atoms. The van der Waals surface area contributed by atoms with Crippen molar-refractivity contribution in [2.24, 2.45) is 0 Å². The molecular formula is C18H18N2O3S2. The molecule has 7 heteroatoms. The fraction of sp³-hybridized carbons (Fsp3) is 0.222. The molecule has 25 heavy (non-hydrogen) atoms. The number of fused-ring (bicyclic) bond motifs is 1.